The van der Waals surface area contributed by atoms with E-state index in [2.05, 4.69) is 11.8 Å². The van der Waals surface area contributed by atoms with E-state index in [1.54, 1.807) is 19.1 Å². The highest BCUT2D eigenvalue weighted by molar-refractivity contribution is 6.31. The summed E-state index contributed by atoms with van der Waals surface area (Å²) in [5.41, 5.74) is 2.49. The van der Waals surface area contributed by atoms with Crippen LogP contribution in [-0.4, -0.2) is 27.3 Å². The van der Waals surface area contributed by atoms with Gasteiger partial charge in [-0.05, 0) is 43.4 Å². The van der Waals surface area contributed by atoms with Crippen LogP contribution in [0, 0.1) is 23.7 Å². The molecule has 0 unspecified atom stereocenters. The van der Waals surface area contributed by atoms with E-state index >= 15 is 0 Å². The fourth-order valence-electron chi connectivity index (χ4n) is 4.52. The molecule has 7 heteroatoms. The van der Waals surface area contributed by atoms with Gasteiger partial charge in [0.2, 0.25) is 0 Å². The second kappa shape index (κ2) is 10.7. The summed E-state index contributed by atoms with van der Waals surface area (Å²) >= 11 is 6.21. The van der Waals surface area contributed by atoms with Crippen molar-refractivity contribution in [1.29, 1.82) is 0 Å². The zero-order chi connectivity index (χ0) is 24.2. The molecule has 1 aliphatic rings. The molecule has 1 aromatic heterocycles. The lowest BCUT2D eigenvalue weighted by Crippen LogP contribution is -2.34. The van der Waals surface area contributed by atoms with Gasteiger partial charge in [0.1, 0.15) is 0 Å². The van der Waals surface area contributed by atoms with Gasteiger partial charge in [-0.1, -0.05) is 30.9 Å². The third kappa shape index (κ3) is 6.57. The van der Waals surface area contributed by atoms with E-state index in [4.69, 9.17) is 16.7 Å². The molecule has 1 saturated carbocycles. The molecule has 1 atom stereocenters. The van der Waals surface area contributed by atoms with Gasteiger partial charge in [0.15, 0.2) is 5.78 Å². The molecule has 4 nitrogen and oxygen atoms in total. The number of aromatic nitrogens is 1. The van der Waals surface area contributed by atoms with Crippen LogP contribution in [0.4, 0.5) is 8.78 Å². The molecule has 3 rings (SSSR count). The highest BCUT2D eigenvalue weighted by Gasteiger charge is 2.44. The van der Waals surface area contributed by atoms with Crippen LogP contribution >= 0.6 is 11.6 Å². The van der Waals surface area contributed by atoms with Crippen molar-refractivity contribution in [2.75, 3.05) is 0 Å². The SMILES string of the molecule is C[C@H](CC(=O)O)CC(=O)c1c(CCCCCC#CC2CC(F)(F)C2)n(C)c2ccc(Cl)cc12. The summed E-state index contributed by atoms with van der Waals surface area (Å²) in [6, 6.07) is 5.50. The number of nitrogens with zero attached hydrogens (tertiary/aromatic N) is 1. The summed E-state index contributed by atoms with van der Waals surface area (Å²) in [7, 11) is 1.93. The smallest absolute Gasteiger partial charge is 0.303 e. The Kier molecular flexibility index (Phi) is 8.18. The zero-order valence-electron chi connectivity index (χ0n) is 19.1. The third-order valence-electron chi connectivity index (χ3n) is 6.23. The van der Waals surface area contributed by atoms with Gasteiger partial charge in [-0.15, -0.1) is 5.92 Å². The Morgan fingerprint density at radius 3 is 2.64 bits per heavy atom. The highest BCUT2D eigenvalue weighted by Crippen LogP contribution is 2.41. The van der Waals surface area contributed by atoms with Crippen LogP contribution in [0.15, 0.2) is 18.2 Å². The van der Waals surface area contributed by atoms with Crippen LogP contribution < -0.4 is 0 Å². The molecule has 178 valence electrons. The molecule has 0 aliphatic heterocycles. The van der Waals surface area contributed by atoms with Crippen LogP contribution in [0.3, 0.4) is 0 Å². The maximum atomic E-state index is 13.2. The minimum absolute atomic E-state index is 0.0495. The summed E-state index contributed by atoms with van der Waals surface area (Å²) in [5.74, 6) is 2.04. The minimum Gasteiger partial charge on any atom is -0.481 e. The molecule has 0 amide bonds. The van der Waals surface area contributed by atoms with E-state index in [0.717, 1.165) is 35.9 Å². The van der Waals surface area contributed by atoms with Crippen molar-refractivity contribution in [1.82, 2.24) is 4.57 Å². The number of benzene rings is 1. The van der Waals surface area contributed by atoms with Gasteiger partial charge in [0.05, 0.1) is 0 Å². The van der Waals surface area contributed by atoms with Gasteiger partial charge in [0, 0.05) is 72.3 Å². The molecule has 0 spiro atoms. The van der Waals surface area contributed by atoms with Crippen LogP contribution in [-0.2, 0) is 18.3 Å². The third-order valence-corrected chi connectivity index (χ3v) is 6.47. The number of carbonyl (C=O) groups excluding carboxylic acids is 1. The van der Waals surface area contributed by atoms with E-state index in [1.165, 1.54) is 0 Å². The molecule has 1 fully saturated rings. The number of carboxylic acids is 1. The second-order valence-electron chi connectivity index (χ2n) is 9.22. The molecule has 1 aliphatic carbocycles. The first-order valence-corrected chi connectivity index (χ1v) is 11.8. The number of hydrogen-bond donors (Lipinski definition) is 1. The maximum absolute atomic E-state index is 13.2. The zero-order valence-corrected chi connectivity index (χ0v) is 19.9. The number of Topliss-reactive ketones (excluding diaryl/α,β-unsaturated/α-hetero) is 1. The predicted molar refractivity (Wildman–Crippen MR) is 126 cm³/mol. The minimum atomic E-state index is -2.53. The molecule has 1 N–H and O–H groups in total. The van der Waals surface area contributed by atoms with E-state index in [0.29, 0.717) is 23.4 Å². The number of carbonyl (C=O) groups is 2. The Morgan fingerprint density at radius 1 is 1.24 bits per heavy atom. The van der Waals surface area contributed by atoms with Crippen molar-refractivity contribution < 1.29 is 23.5 Å². The quantitative estimate of drug-likeness (QED) is 0.236. The Balaban J connectivity index is 1.64. The van der Waals surface area contributed by atoms with Crippen molar-refractivity contribution in [2.24, 2.45) is 18.9 Å². The van der Waals surface area contributed by atoms with Crippen molar-refractivity contribution in [3.8, 4) is 11.8 Å². The fraction of sp³-hybridized carbons (Fsp3) is 0.538. The van der Waals surface area contributed by atoms with Gasteiger partial charge < -0.3 is 9.67 Å². The number of ketones is 1. The number of halogens is 3. The van der Waals surface area contributed by atoms with Gasteiger partial charge in [0.25, 0.3) is 5.92 Å². The van der Waals surface area contributed by atoms with Crippen LogP contribution in [0.5, 0.6) is 0 Å². The Bertz CT molecular complexity index is 1090. The van der Waals surface area contributed by atoms with E-state index in [-0.39, 0.29) is 43.3 Å². The van der Waals surface area contributed by atoms with Gasteiger partial charge in [-0.3, -0.25) is 9.59 Å². The maximum Gasteiger partial charge on any atom is 0.303 e. The van der Waals surface area contributed by atoms with Crippen molar-refractivity contribution in [2.45, 2.75) is 70.6 Å². The average molecular weight is 478 g/mol. The van der Waals surface area contributed by atoms with E-state index in [9.17, 15) is 18.4 Å². The second-order valence-corrected chi connectivity index (χ2v) is 9.65. The molecular formula is C26H30ClF2NO3. The first-order chi connectivity index (χ1) is 15.6. The van der Waals surface area contributed by atoms with E-state index in [1.807, 2.05) is 17.7 Å². The van der Waals surface area contributed by atoms with Crippen molar-refractivity contribution in [3.05, 3.63) is 34.5 Å². The number of unbranched alkanes of at least 4 members (excludes halogenated alkanes) is 3. The molecule has 1 aromatic carbocycles. The first-order valence-electron chi connectivity index (χ1n) is 11.5. The largest absolute Gasteiger partial charge is 0.481 e. The molecule has 2 aromatic rings. The summed E-state index contributed by atoms with van der Waals surface area (Å²) in [4.78, 5) is 24.2. The van der Waals surface area contributed by atoms with Crippen molar-refractivity contribution in [3.63, 3.8) is 0 Å². The summed E-state index contributed by atoms with van der Waals surface area (Å²) < 4.78 is 27.7. The topological polar surface area (TPSA) is 59.3 Å². The number of fused-ring (bicyclic) bond motifs is 1. The summed E-state index contributed by atoms with van der Waals surface area (Å²) in [5, 5.41) is 10.4. The van der Waals surface area contributed by atoms with Crippen molar-refractivity contribution >= 4 is 34.3 Å². The standard InChI is InChI=1S/C26H30ClF2NO3/c1-17(13-24(32)33)12-23(31)25-20-14-19(27)10-11-21(20)30(2)22(25)9-7-5-3-4-6-8-18-15-26(28,29)16-18/h10-11,14,17-18H,3-5,7,9,12-13,15-16H2,1-2H3,(H,32,33)/t17-/m0/s1. The highest BCUT2D eigenvalue weighted by atomic mass is 35.5. The normalized spacial score (nSPS) is 16.2. The number of rotatable bonds is 10. The number of alkyl halides is 2. The molecule has 33 heavy (non-hydrogen) atoms. The van der Waals surface area contributed by atoms with Gasteiger partial charge >= 0.3 is 5.97 Å². The Hall–Kier alpha value is -2.39. The first kappa shape index (κ1) is 25.2. The predicted octanol–water partition coefficient (Wildman–Crippen LogP) is 6.67. The summed E-state index contributed by atoms with van der Waals surface area (Å²) in [6.45, 7) is 1.77. The lowest BCUT2D eigenvalue weighted by atomic mass is 9.82. The number of aliphatic carboxylic acids is 1. The molecule has 0 radical (unpaired) electrons. The van der Waals surface area contributed by atoms with Gasteiger partial charge in [-0.2, -0.15) is 0 Å². The lowest BCUT2D eigenvalue weighted by molar-refractivity contribution is -0.137. The molecule has 0 bridgehead atoms. The monoisotopic (exact) mass is 477 g/mol. The van der Waals surface area contributed by atoms with Crippen LogP contribution in [0.1, 0.15) is 74.3 Å². The number of aryl methyl sites for hydroxylation is 1. The molecule has 1 heterocycles. The fourth-order valence-corrected chi connectivity index (χ4v) is 4.70. The Morgan fingerprint density at radius 2 is 1.97 bits per heavy atom. The lowest BCUT2D eigenvalue weighted by Gasteiger charge is -2.31. The van der Waals surface area contributed by atoms with Crippen LogP contribution in [0.2, 0.25) is 5.02 Å². The Labute approximate surface area is 198 Å². The number of hydrogen-bond acceptors (Lipinski definition) is 2. The van der Waals surface area contributed by atoms with Crippen LogP contribution in [0.25, 0.3) is 10.9 Å². The average Bonchev–Trinajstić information content (AvgIpc) is 2.96. The molecular weight excluding hydrogens is 448 g/mol. The van der Waals surface area contributed by atoms with Gasteiger partial charge in [-0.25, -0.2) is 8.78 Å². The summed E-state index contributed by atoms with van der Waals surface area (Å²) in [6.07, 6.45) is 3.94. The number of carboxylic acid groups (broad SMARTS) is 1. The molecule has 0 saturated heterocycles. The van der Waals surface area contributed by atoms with E-state index < -0.39 is 11.9 Å².